The first-order valence-electron chi connectivity index (χ1n) is 5.25. The molecule has 0 fully saturated rings. The molecule has 2 rings (SSSR count). The molecule has 1 amide bonds. The van der Waals surface area contributed by atoms with Gasteiger partial charge in [-0.2, -0.15) is 0 Å². The predicted octanol–water partition coefficient (Wildman–Crippen LogP) is 1.83. The van der Waals surface area contributed by atoms with E-state index in [2.05, 4.69) is 23.8 Å². The van der Waals surface area contributed by atoms with Crippen LogP contribution in [0.3, 0.4) is 0 Å². The maximum atomic E-state index is 11.6. The zero-order valence-electron chi connectivity index (χ0n) is 9.40. The Labute approximate surface area is 94.0 Å². The molecule has 0 aliphatic heterocycles. The lowest BCUT2D eigenvalue weighted by molar-refractivity contribution is 0.0955. The van der Waals surface area contributed by atoms with Crippen LogP contribution in [0.25, 0.3) is 10.9 Å². The minimum Gasteiger partial charge on any atom is -0.345 e. The van der Waals surface area contributed by atoms with E-state index in [9.17, 15) is 4.79 Å². The second-order valence-corrected chi connectivity index (χ2v) is 4.03. The molecular weight excluding hydrogens is 202 g/mol. The summed E-state index contributed by atoms with van der Waals surface area (Å²) in [5, 5.41) is 0.930. The molecule has 1 aromatic carbocycles. The normalized spacial score (nSPS) is 11.0. The summed E-state index contributed by atoms with van der Waals surface area (Å²) in [6.07, 6.45) is 1.99. The monoisotopic (exact) mass is 217 g/mol. The highest BCUT2D eigenvalue weighted by molar-refractivity contribution is 6.06. The Morgan fingerprint density at radius 2 is 2.12 bits per heavy atom. The molecule has 0 saturated heterocycles. The van der Waals surface area contributed by atoms with Gasteiger partial charge in [0.2, 0.25) is 0 Å². The van der Waals surface area contributed by atoms with Gasteiger partial charge >= 0.3 is 0 Å². The molecule has 0 radical (unpaired) electrons. The molecule has 0 unspecified atom stereocenters. The van der Waals surface area contributed by atoms with Crippen LogP contribution < -0.4 is 11.3 Å². The highest BCUT2D eigenvalue weighted by atomic mass is 16.2. The summed E-state index contributed by atoms with van der Waals surface area (Å²) in [6, 6.07) is 7.96. The molecule has 0 saturated carbocycles. The van der Waals surface area contributed by atoms with Crippen LogP contribution in [-0.2, 0) is 0 Å². The van der Waals surface area contributed by atoms with E-state index >= 15 is 0 Å². The molecular formula is C12H15N3O. The van der Waals surface area contributed by atoms with Gasteiger partial charge in [-0.05, 0) is 32.0 Å². The number of hydrogen-bond donors (Lipinski definition) is 2. The number of nitrogens with one attached hydrogen (secondary N) is 1. The van der Waals surface area contributed by atoms with Gasteiger partial charge in [0, 0.05) is 23.1 Å². The van der Waals surface area contributed by atoms with Crippen LogP contribution in [0.15, 0.2) is 30.5 Å². The molecule has 84 valence electrons. The number of aromatic nitrogens is 1. The van der Waals surface area contributed by atoms with Crippen molar-refractivity contribution >= 4 is 16.8 Å². The van der Waals surface area contributed by atoms with Gasteiger partial charge in [0.15, 0.2) is 0 Å². The van der Waals surface area contributed by atoms with Crippen molar-refractivity contribution in [3.63, 3.8) is 0 Å². The van der Waals surface area contributed by atoms with Crippen molar-refractivity contribution < 1.29 is 4.79 Å². The van der Waals surface area contributed by atoms with Gasteiger partial charge < -0.3 is 4.57 Å². The van der Waals surface area contributed by atoms with Crippen LogP contribution in [0.5, 0.6) is 0 Å². The SMILES string of the molecule is CC(C)n1ccc2c(C(=O)NN)cccc21. The molecule has 1 aromatic heterocycles. The van der Waals surface area contributed by atoms with E-state index in [0.717, 1.165) is 10.9 Å². The fourth-order valence-electron chi connectivity index (χ4n) is 1.91. The van der Waals surface area contributed by atoms with E-state index in [4.69, 9.17) is 5.84 Å². The van der Waals surface area contributed by atoms with Crippen molar-refractivity contribution in [2.24, 2.45) is 5.84 Å². The van der Waals surface area contributed by atoms with Crippen molar-refractivity contribution in [3.05, 3.63) is 36.0 Å². The van der Waals surface area contributed by atoms with Gasteiger partial charge in [-0.1, -0.05) is 6.07 Å². The summed E-state index contributed by atoms with van der Waals surface area (Å²) in [5.41, 5.74) is 3.83. The van der Waals surface area contributed by atoms with E-state index in [0.29, 0.717) is 11.6 Å². The van der Waals surface area contributed by atoms with Gasteiger partial charge in [-0.15, -0.1) is 0 Å². The average Bonchev–Trinajstić information content (AvgIpc) is 2.71. The summed E-state index contributed by atoms with van der Waals surface area (Å²) in [4.78, 5) is 11.6. The fourth-order valence-corrected chi connectivity index (χ4v) is 1.91. The number of amides is 1. The highest BCUT2D eigenvalue weighted by Crippen LogP contribution is 2.23. The van der Waals surface area contributed by atoms with Gasteiger partial charge in [0.25, 0.3) is 5.91 Å². The van der Waals surface area contributed by atoms with Crippen LogP contribution in [0.1, 0.15) is 30.2 Å². The first-order valence-corrected chi connectivity index (χ1v) is 5.25. The summed E-state index contributed by atoms with van der Waals surface area (Å²) in [6.45, 7) is 4.21. The van der Waals surface area contributed by atoms with Crippen LogP contribution in [0.4, 0.5) is 0 Å². The lowest BCUT2D eigenvalue weighted by Gasteiger charge is -2.09. The molecule has 1 heterocycles. The van der Waals surface area contributed by atoms with Gasteiger partial charge in [0.1, 0.15) is 0 Å². The van der Waals surface area contributed by atoms with Crippen molar-refractivity contribution in [2.75, 3.05) is 0 Å². The molecule has 0 spiro atoms. The Morgan fingerprint density at radius 3 is 2.75 bits per heavy atom. The smallest absolute Gasteiger partial charge is 0.265 e. The average molecular weight is 217 g/mol. The first-order chi connectivity index (χ1) is 7.65. The third-order valence-electron chi connectivity index (χ3n) is 2.70. The van der Waals surface area contributed by atoms with Gasteiger partial charge in [0.05, 0.1) is 5.56 Å². The molecule has 0 aliphatic carbocycles. The third-order valence-corrected chi connectivity index (χ3v) is 2.70. The number of nitrogen functional groups attached to an aromatic ring is 1. The van der Waals surface area contributed by atoms with E-state index in [-0.39, 0.29) is 5.91 Å². The Morgan fingerprint density at radius 1 is 1.38 bits per heavy atom. The van der Waals surface area contributed by atoms with Crippen molar-refractivity contribution in [3.8, 4) is 0 Å². The van der Waals surface area contributed by atoms with Gasteiger partial charge in [-0.25, -0.2) is 5.84 Å². The van der Waals surface area contributed by atoms with Crippen molar-refractivity contribution in [2.45, 2.75) is 19.9 Å². The zero-order chi connectivity index (χ0) is 11.7. The summed E-state index contributed by atoms with van der Waals surface area (Å²) in [5.74, 6) is 4.90. The molecule has 2 aromatic rings. The molecule has 0 aliphatic rings. The number of hydrogen-bond acceptors (Lipinski definition) is 2. The minimum atomic E-state index is -0.257. The second-order valence-electron chi connectivity index (χ2n) is 4.03. The Balaban J connectivity index is 2.66. The van der Waals surface area contributed by atoms with Crippen molar-refractivity contribution in [1.29, 1.82) is 0 Å². The zero-order valence-corrected chi connectivity index (χ0v) is 9.40. The predicted molar refractivity (Wildman–Crippen MR) is 64.0 cm³/mol. The van der Waals surface area contributed by atoms with E-state index in [1.54, 1.807) is 6.07 Å². The molecule has 4 heteroatoms. The number of carbonyl (C=O) groups excluding carboxylic acids is 1. The quantitative estimate of drug-likeness (QED) is 0.458. The lowest BCUT2D eigenvalue weighted by Crippen LogP contribution is -2.30. The molecule has 4 nitrogen and oxygen atoms in total. The first kappa shape index (κ1) is 10.7. The summed E-state index contributed by atoms with van der Waals surface area (Å²) in [7, 11) is 0. The van der Waals surface area contributed by atoms with Gasteiger partial charge in [-0.3, -0.25) is 10.2 Å². The largest absolute Gasteiger partial charge is 0.345 e. The number of hydrazine groups is 1. The maximum absolute atomic E-state index is 11.6. The molecule has 0 atom stereocenters. The van der Waals surface area contributed by atoms with Crippen molar-refractivity contribution in [1.82, 2.24) is 9.99 Å². The second kappa shape index (κ2) is 3.98. The van der Waals surface area contributed by atoms with E-state index in [1.807, 2.05) is 24.4 Å². The summed E-state index contributed by atoms with van der Waals surface area (Å²) >= 11 is 0. The fraction of sp³-hybridized carbons (Fsp3) is 0.250. The van der Waals surface area contributed by atoms with Crippen LogP contribution in [0, 0.1) is 0 Å². The van der Waals surface area contributed by atoms with Crippen LogP contribution in [-0.4, -0.2) is 10.5 Å². The number of nitrogens with zero attached hydrogens (tertiary/aromatic N) is 1. The Bertz CT molecular complexity index is 528. The maximum Gasteiger partial charge on any atom is 0.265 e. The molecule has 0 bridgehead atoms. The molecule has 16 heavy (non-hydrogen) atoms. The topological polar surface area (TPSA) is 60.0 Å². The number of rotatable bonds is 2. The Hall–Kier alpha value is -1.81. The summed E-state index contributed by atoms with van der Waals surface area (Å²) < 4.78 is 2.13. The Kier molecular flexibility index (Phi) is 2.66. The van der Waals surface area contributed by atoms with Crippen LogP contribution >= 0.6 is 0 Å². The number of carbonyl (C=O) groups is 1. The van der Waals surface area contributed by atoms with E-state index in [1.165, 1.54) is 0 Å². The number of benzene rings is 1. The third kappa shape index (κ3) is 1.57. The highest BCUT2D eigenvalue weighted by Gasteiger charge is 2.11. The van der Waals surface area contributed by atoms with Crippen LogP contribution in [0.2, 0.25) is 0 Å². The molecule has 3 N–H and O–H groups in total. The minimum absolute atomic E-state index is 0.257. The standard InChI is InChI=1S/C12H15N3O/c1-8(2)15-7-6-9-10(12(16)14-13)4-3-5-11(9)15/h3-8H,13H2,1-2H3,(H,14,16). The number of nitrogens with two attached hydrogens (primary N) is 1. The number of fused-ring (bicyclic) bond motifs is 1. The lowest BCUT2D eigenvalue weighted by atomic mass is 10.1. The van der Waals surface area contributed by atoms with E-state index < -0.39 is 0 Å².